The molecule has 0 aliphatic carbocycles. The van der Waals surface area contributed by atoms with Crippen molar-refractivity contribution < 1.29 is 35.5 Å². The van der Waals surface area contributed by atoms with Gasteiger partial charge in [0.05, 0.1) is 0 Å². The molecule has 2 N–H and O–H groups in total. The van der Waals surface area contributed by atoms with E-state index in [1.165, 1.54) is 13.8 Å². The van der Waals surface area contributed by atoms with E-state index in [0.717, 1.165) is 0 Å². The first-order chi connectivity index (χ1) is 10.3. The summed E-state index contributed by atoms with van der Waals surface area (Å²) in [6.45, 7) is 2.82. The molecule has 130 valence electrons. The zero-order chi connectivity index (χ0) is 18.2. The second-order valence-electron chi connectivity index (χ2n) is 4.89. The van der Waals surface area contributed by atoms with E-state index in [1.807, 2.05) is 0 Å². The van der Waals surface area contributed by atoms with Crippen LogP contribution in [0.1, 0.15) is 40.9 Å². The third kappa shape index (κ3) is 3.13. The number of nitrogens with two attached hydrogens (primary N) is 1. The Morgan fingerprint density at radius 2 is 1.26 bits per heavy atom. The van der Waals surface area contributed by atoms with E-state index in [4.69, 9.17) is 5.73 Å². The number of halogens is 7. The summed E-state index contributed by atoms with van der Waals surface area (Å²) in [4.78, 5) is 11.4. The summed E-state index contributed by atoms with van der Waals surface area (Å²) >= 11 is 0. The molecule has 2 nitrogen and oxygen atoms in total. The smallest absolute Gasteiger partial charge is 0.366 e. The van der Waals surface area contributed by atoms with Gasteiger partial charge in [0.2, 0.25) is 5.91 Å². The highest BCUT2D eigenvalue weighted by atomic mass is 19.4. The number of hydrogen-bond donors (Lipinski definition) is 1. The van der Waals surface area contributed by atoms with Crippen molar-refractivity contribution in [3.8, 4) is 0 Å². The molecule has 0 aliphatic rings. The molecule has 0 aliphatic heterocycles. The molecule has 1 aromatic carbocycles. The van der Waals surface area contributed by atoms with Crippen molar-refractivity contribution in [3.05, 3.63) is 34.4 Å². The second-order valence-corrected chi connectivity index (χ2v) is 4.89. The van der Waals surface area contributed by atoms with E-state index >= 15 is 0 Å². The average molecular weight is 345 g/mol. The van der Waals surface area contributed by atoms with Crippen LogP contribution in [0.5, 0.6) is 0 Å². The highest BCUT2D eigenvalue weighted by molar-refractivity contribution is 5.96. The summed E-state index contributed by atoms with van der Waals surface area (Å²) in [7, 11) is 0. The van der Waals surface area contributed by atoms with Gasteiger partial charge in [-0.25, -0.2) is 4.39 Å². The molecule has 1 amide bonds. The van der Waals surface area contributed by atoms with Gasteiger partial charge in [-0.05, 0) is 24.0 Å². The van der Waals surface area contributed by atoms with Gasteiger partial charge in [0.1, 0.15) is 0 Å². The zero-order valence-corrected chi connectivity index (χ0v) is 12.2. The molecule has 0 fully saturated rings. The first-order valence-corrected chi connectivity index (χ1v) is 6.59. The van der Waals surface area contributed by atoms with Gasteiger partial charge in [-0.1, -0.05) is 26.0 Å². The Morgan fingerprint density at radius 1 is 0.913 bits per heavy atom. The number of primary amides is 1. The van der Waals surface area contributed by atoms with Crippen LogP contribution in [-0.4, -0.2) is 18.3 Å². The predicted octanol–water partition coefficient (Wildman–Crippen LogP) is 4.20. The number of hydrogen-bond acceptors (Lipinski definition) is 1. The van der Waals surface area contributed by atoms with Gasteiger partial charge < -0.3 is 5.73 Å². The van der Waals surface area contributed by atoms with Crippen LogP contribution in [0.3, 0.4) is 0 Å². The Labute approximate surface area is 127 Å². The number of benzene rings is 1. The molecule has 1 rings (SSSR count). The Kier molecular flexibility index (Phi) is 5.03. The number of rotatable bonds is 4. The van der Waals surface area contributed by atoms with Crippen LogP contribution in [0.15, 0.2) is 12.1 Å². The van der Waals surface area contributed by atoms with Gasteiger partial charge in [-0.15, -0.1) is 0 Å². The molecule has 0 unspecified atom stereocenters. The largest absolute Gasteiger partial charge is 0.435 e. The number of aryl methyl sites for hydroxylation is 2. The lowest BCUT2D eigenvalue weighted by molar-refractivity contribution is -0.348. The molecular formula is C14H14F7NO. The molecule has 0 saturated heterocycles. The van der Waals surface area contributed by atoms with Crippen molar-refractivity contribution >= 4 is 5.91 Å². The maximum Gasteiger partial charge on any atom is 0.435 e. The predicted molar refractivity (Wildman–Crippen MR) is 68.6 cm³/mol. The van der Waals surface area contributed by atoms with Crippen molar-refractivity contribution in [2.45, 2.75) is 44.7 Å². The van der Waals surface area contributed by atoms with Crippen LogP contribution in [0.25, 0.3) is 0 Å². The van der Waals surface area contributed by atoms with Gasteiger partial charge in [0.15, 0.2) is 0 Å². The molecule has 1 aromatic rings. The van der Waals surface area contributed by atoms with Crippen LogP contribution in [-0.2, 0) is 18.5 Å². The van der Waals surface area contributed by atoms with E-state index < -0.39 is 29.5 Å². The van der Waals surface area contributed by atoms with Gasteiger partial charge in [-0.2, -0.15) is 26.3 Å². The van der Waals surface area contributed by atoms with Gasteiger partial charge in [0, 0.05) is 11.1 Å². The molecule has 0 aromatic heterocycles. The third-order valence-corrected chi connectivity index (χ3v) is 3.49. The summed E-state index contributed by atoms with van der Waals surface area (Å²) in [5.41, 5.74) is -2.51. The maximum absolute atomic E-state index is 14.1. The minimum absolute atomic E-state index is 0.0785. The van der Waals surface area contributed by atoms with E-state index in [1.54, 1.807) is 0 Å². The van der Waals surface area contributed by atoms with Crippen molar-refractivity contribution in [3.63, 3.8) is 0 Å². The molecule has 0 radical (unpaired) electrons. The molecule has 0 bridgehead atoms. The second kappa shape index (κ2) is 6.01. The zero-order valence-electron chi connectivity index (χ0n) is 12.2. The summed E-state index contributed by atoms with van der Waals surface area (Å²) < 4.78 is 91.1. The quantitative estimate of drug-likeness (QED) is 0.817. The fourth-order valence-corrected chi connectivity index (χ4v) is 2.33. The first kappa shape index (κ1) is 19.2. The van der Waals surface area contributed by atoms with Crippen molar-refractivity contribution in [1.82, 2.24) is 0 Å². The normalized spacial score (nSPS) is 13.3. The summed E-state index contributed by atoms with van der Waals surface area (Å²) in [6, 6.07) is 0.806. The highest BCUT2D eigenvalue weighted by Gasteiger charge is 2.73. The standard InChI is InChI=1S/C14H14F7NO/c1-3-7-5-9(6-8(4-2)10(7)11(22)23)12(15,13(16,17)18)14(19,20)21/h5-6H,3-4H2,1-2H3,(H2,22,23). The maximum atomic E-state index is 14.1. The number of alkyl halides is 7. The number of carbonyl (C=O) groups excluding carboxylic acids is 1. The fourth-order valence-electron chi connectivity index (χ4n) is 2.33. The summed E-state index contributed by atoms with van der Waals surface area (Å²) in [6.07, 6.45) is -12.6. The van der Waals surface area contributed by atoms with E-state index in [-0.39, 0.29) is 29.5 Å². The molecule has 9 heteroatoms. The number of carbonyl (C=O) groups is 1. The monoisotopic (exact) mass is 345 g/mol. The van der Waals surface area contributed by atoms with E-state index in [0.29, 0.717) is 12.1 Å². The SMILES string of the molecule is CCc1cc(C(F)(C(F)(F)F)C(F)(F)F)cc(CC)c1C(N)=O. The molecule has 0 spiro atoms. The Hall–Kier alpha value is -1.80. The lowest BCUT2D eigenvalue weighted by Gasteiger charge is -2.31. The highest BCUT2D eigenvalue weighted by Crippen LogP contribution is 2.53. The summed E-state index contributed by atoms with van der Waals surface area (Å²) in [5.74, 6) is -0.992. The molecule has 0 atom stereocenters. The van der Waals surface area contributed by atoms with Crippen LogP contribution in [0, 0.1) is 0 Å². The molecule has 0 heterocycles. The molecule has 0 saturated carbocycles. The lowest BCUT2D eigenvalue weighted by atomic mass is 9.86. The van der Waals surface area contributed by atoms with Gasteiger partial charge >= 0.3 is 18.0 Å². The minimum Gasteiger partial charge on any atom is -0.366 e. The van der Waals surface area contributed by atoms with Crippen molar-refractivity contribution in [2.24, 2.45) is 5.73 Å². The third-order valence-electron chi connectivity index (χ3n) is 3.49. The Morgan fingerprint density at radius 3 is 1.48 bits per heavy atom. The first-order valence-electron chi connectivity index (χ1n) is 6.59. The van der Waals surface area contributed by atoms with E-state index in [9.17, 15) is 35.5 Å². The van der Waals surface area contributed by atoms with Crippen molar-refractivity contribution in [1.29, 1.82) is 0 Å². The van der Waals surface area contributed by atoms with Gasteiger partial charge in [0.25, 0.3) is 0 Å². The molecular weight excluding hydrogens is 331 g/mol. The van der Waals surface area contributed by atoms with Crippen LogP contribution in [0.2, 0.25) is 0 Å². The van der Waals surface area contributed by atoms with Crippen LogP contribution >= 0.6 is 0 Å². The van der Waals surface area contributed by atoms with Gasteiger partial charge in [-0.3, -0.25) is 4.79 Å². The van der Waals surface area contributed by atoms with Crippen LogP contribution < -0.4 is 5.73 Å². The molecule has 23 heavy (non-hydrogen) atoms. The average Bonchev–Trinajstić information content (AvgIpc) is 2.41. The Bertz CT molecular complexity index is 565. The minimum atomic E-state index is -6.20. The fraction of sp³-hybridized carbons (Fsp3) is 0.500. The van der Waals surface area contributed by atoms with Crippen molar-refractivity contribution in [2.75, 3.05) is 0 Å². The lowest BCUT2D eigenvalue weighted by Crippen LogP contribution is -2.50. The topological polar surface area (TPSA) is 43.1 Å². The van der Waals surface area contributed by atoms with E-state index in [2.05, 4.69) is 0 Å². The Balaban J connectivity index is 3.81. The van der Waals surface area contributed by atoms with Crippen LogP contribution in [0.4, 0.5) is 30.7 Å². The number of amides is 1. The summed E-state index contributed by atoms with van der Waals surface area (Å²) in [5, 5.41) is 0.